The third-order valence-electron chi connectivity index (χ3n) is 6.64. The minimum Gasteiger partial charge on any atom is -0.461 e. The molecule has 0 spiro atoms. The van der Waals surface area contributed by atoms with Crippen molar-refractivity contribution in [2.24, 2.45) is 11.8 Å². The monoisotopic (exact) mass is 382 g/mol. The largest absolute Gasteiger partial charge is 0.461 e. The Balaban J connectivity index is 1.61. The van der Waals surface area contributed by atoms with E-state index in [-0.39, 0.29) is 23.9 Å². The lowest BCUT2D eigenvalue weighted by Gasteiger charge is -2.61. The number of hydrogen-bond donors (Lipinski definition) is 0. The molecule has 4 heteroatoms. The van der Waals surface area contributed by atoms with Gasteiger partial charge in [0.25, 0.3) is 0 Å². The lowest BCUT2D eigenvalue weighted by molar-refractivity contribution is -0.146. The van der Waals surface area contributed by atoms with Crippen LogP contribution in [-0.2, 0) is 10.5 Å². The standard InChI is InChI=1S/C25H22N2O2/c1-17-16-22-26(19-12-6-3-7-13-19)24(28)23(17)25(18-10-4-2-5-11-18)27(22)20-14-8-9-15-21(20)29-25/h2-15,17,22-23H,16H2,1H3/t17-,22-,23+,25-/m0/s1. The summed E-state index contributed by atoms with van der Waals surface area (Å²) in [5.41, 5.74) is 2.26. The maximum atomic E-state index is 13.9. The molecule has 29 heavy (non-hydrogen) atoms. The average Bonchev–Trinajstić information content (AvgIpc) is 3.12. The summed E-state index contributed by atoms with van der Waals surface area (Å²) < 4.78 is 6.72. The van der Waals surface area contributed by atoms with Gasteiger partial charge in [-0.3, -0.25) is 9.69 Å². The lowest BCUT2D eigenvalue weighted by Crippen LogP contribution is -2.75. The molecule has 144 valence electrons. The third kappa shape index (κ3) is 2.06. The second kappa shape index (κ2) is 5.86. The number of para-hydroxylation sites is 3. The van der Waals surface area contributed by atoms with Gasteiger partial charge in [-0.25, -0.2) is 0 Å². The van der Waals surface area contributed by atoms with Gasteiger partial charge in [0.05, 0.1) is 5.69 Å². The van der Waals surface area contributed by atoms with Gasteiger partial charge in [0, 0.05) is 11.3 Å². The summed E-state index contributed by atoms with van der Waals surface area (Å²) in [4.78, 5) is 18.2. The number of carbonyl (C=O) groups is 1. The molecule has 4 atom stereocenters. The van der Waals surface area contributed by atoms with E-state index in [0.29, 0.717) is 0 Å². The minimum atomic E-state index is -0.796. The third-order valence-corrected chi connectivity index (χ3v) is 6.64. The van der Waals surface area contributed by atoms with Crippen molar-refractivity contribution in [2.75, 3.05) is 9.80 Å². The van der Waals surface area contributed by atoms with Crippen LogP contribution < -0.4 is 14.5 Å². The van der Waals surface area contributed by atoms with Crippen molar-refractivity contribution in [1.29, 1.82) is 0 Å². The van der Waals surface area contributed by atoms with E-state index in [4.69, 9.17) is 4.74 Å². The molecule has 1 amide bonds. The first-order valence-corrected chi connectivity index (χ1v) is 10.2. The Hall–Kier alpha value is -3.27. The van der Waals surface area contributed by atoms with Gasteiger partial charge in [0.15, 0.2) is 0 Å². The first kappa shape index (κ1) is 16.7. The molecule has 3 aromatic carbocycles. The molecular weight excluding hydrogens is 360 g/mol. The van der Waals surface area contributed by atoms with E-state index in [1.165, 1.54) is 0 Å². The smallest absolute Gasteiger partial charge is 0.238 e. The van der Waals surface area contributed by atoms with Crippen molar-refractivity contribution in [3.63, 3.8) is 0 Å². The van der Waals surface area contributed by atoms with Gasteiger partial charge in [0.2, 0.25) is 11.6 Å². The minimum absolute atomic E-state index is 0.0891. The van der Waals surface area contributed by atoms with Crippen molar-refractivity contribution in [1.82, 2.24) is 0 Å². The molecule has 4 aliphatic heterocycles. The molecule has 0 saturated carbocycles. The first-order chi connectivity index (χ1) is 14.2. The van der Waals surface area contributed by atoms with E-state index < -0.39 is 5.72 Å². The Labute approximate surface area is 170 Å². The molecule has 0 unspecified atom stereocenters. The fraction of sp³-hybridized carbons (Fsp3) is 0.240. The van der Waals surface area contributed by atoms with Crippen LogP contribution in [-0.4, -0.2) is 12.1 Å². The average molecular weight is 382 g/mol. The van der Waals surface area contributed by atoms with Crippen LogP contribution in [0.2, 0.25) is 0 Å². The molecule has 4 heterocycles. The Morgan fingerprint density at radius 2 is 1.55 bits per heavy atom. The van der Waals surface area contributed by atoms with Gasteiger partial charge in [-0.2, -0.15) is 0 Å². The predicted octanol–water partition coefficient (Wildman–Crippen LogP) is 4.77. The predicted molar refractivity (Wildman–Crippen MR) is 113 cm³/mol. The molecule has 7 rings (SSSR count). The zero-order valence-electron chi connectivity index (χ0n) is 16.2. The molecule has 4 aliphatic rings. The zero-order chi connectivity index (χ0) is 19.6. The number of piperidine rings is 2. The number of amides is 1. The Morgan fingerprint density at radius 1 is 0.897 bits per heavy atom. The normalized spacial score (nSPS) is 29.4. The van der Waals surface area contributed by atoms with Crippen molar-refractivity contribution < 1.29 is 9.53 Å². The maximum Gasteiger partial charge on any atom is 0.238 e. The maximum absolute atomic E-state index is 13.9. The first-order valence-electron chi connectivity index (χ1n) is 10.2. The Morgan fingerprint density at radius 3 is 2.31 bits per heavy atom. The van der Waals surface area contributed by atoms with E-state index in [9.17, 15) is 4.79 Å². The highest BCUT2D eigenvalue weighted by Crippen LogP contribution is 2.60. The molecule has 3 aromatic rings. The molecule has 0 N–H and O–H groups in total. The molecule has 4 nitrogen and oxygen atoms in total. The second-order valence-electron chi connectivity index (χ2n) is 8.22. The summed E-state index contributed by atoms with van der Waals surface area (Å²) in [6.45, 7) is 2.19. The van der Waals surface area contributed by atoms with Crippen LogP contribution in [0.15, 0.2) is 84.9 Å². The van der Waals surface area contributed by atoms with Crippen molar-refractivity contribution in [3.8, 4) is 5.75 Å². The Kier molecular flexibility index (Phi) is 3.37. The Bertz CT molecular complexity index is 1080. The highest BCUT2D eigenvalue weighted by molar-refractivity contribution is 6.01. The van der Waals surface area contributed by atoms with Crippen LogP contribution in [0.25, 0.3) is 0 Å². The zero-order valence-corrected chi connectivity index (χ0v) is 16.2. The number of fused-ring (bicyclic) bond motifs is 3. The van der Waals surface area contributed by atoms with E-state index in [2.05, 4.69) is 30.0 Å². The van der Waals surface area contributed by atoms with Gasteiger partial charge in [-0.1, -0.05) is 67.6 Å². The van der Waals surface area contributed by atoms with Crippen molar-refractivity contribution >= 4 is 17.3 Å². The van der Waals surface area contributed by atoms with E-state index in [1.807, 2.05) is 71.6 Å². The number of carbonyl (C=O) groups excluding carboxylic acids is 1. The summed E-state index contributed by atoms with van der Waals surface area (Å²) >= 11 is 0. The van der Waals surface area contributed by atoms with Crippen LogP contribution in [0, 0.1) is 11.8 Å². The molecular formula is C25H22N2O2. The summed E-state index contributed by atoms with van der Waals surface area (Å²) in [5.74, 6) is 0.928. The summed E-state index contributed by atoms with van der Waals surface area (Å²) in [6, 6.07) is 28.4. The number of benzene rings is 3. The summed E-state index contributed by atoms with van der Waals surface area (Å²) in [7, 11) is 0. The number of hydrogen-bond acceptors (Lipinski definition) is 3. The molecule has 2 bridgehead atoms. The molecule has 3 fully saturated rings. The van der Waals surface area contributed by atoms with Crippen LogP contribution in [0.3, 0.4) is 0 Å². The van der Waals surface area contributed by atoms with E-state index >= 15 is 0 Å². The fourth-order valence-corrected chi connectivity index (χ4v) is 5.56. The molecule has 0 aromatic heterocycles. The topological polar surface area (TPSA) is 32.8 Å². The van der Waals surface area contributed by atoms with E-state index in [1.54, 1.807) is 0 Å². The van der Waals surface area contributed by atoms with Gasteiger partial charge in [-0.15, -0.1) is 0 Å². The van der Waals surface area contributed by atoms with Crippen molar-refractivity contribution in [2.45, 2.75) is 25.2 Å². The number of nitrogens with zero attached hydrogens (tertiary/aromatic N) is 2. The molecule has 0 radical (unpaired) electrons. The van der Waals surface area contributed by atoms with E-state index in [0.717, 1.165) is 29.1 Å². The van der Waals surface area contributed by atoms with Crippen LogP contribution in [0.5, 0.6) is 5.75 Å². The summed E-state index contributed by atoms with van der Waals surface area (Å²) in [5, 5.41) is 0. The van der Waals surface area contributed by atoms with Crippen LogP contribution in [0.1, 0.15) is 18.9 Å². The molecule has 0 aliphatic carbocycles. The van der Waals surface area contributed by atoms with Gasteiger partial charge in [0.1, 0.15) is 17.8 Å². The highest BCUT2D eigenvalue weighted by atomic mass is 16.5. The van der Waals surface area contributed by atoms with Crippen molar-refractivity contribution in [3.05, 3.63) is 90.5 Å². The lowest BCUT2D eigenvalue weighted by atomic mass is 9.69. The number of ether oxygens (including phenoxy) is 1. The highest BCUT2D eigenvalue weighted by Gasteiger charge is 2.68. The fourth-order valence-electron chi connectivity index (χ4n) is 5.56. The number of rotatable bonds is 2. The SMILES string of the molecule is C[C@H]1C[C@H]2N(c3ccccc3)C(=O)[C@@H]1[C@]1(c3ccccc3)Oc3ccccc3N21. The number of anilines is 2. The van der Waals surface area contributed by atoms with Crippen LogP contribution in [0.4, 0.5) is 11.4 Å². The quantitative estimate of drug-likeness (QED) is 0.640. The van der Waals surface area contributed by atoms with Crippen LogP contribution >= 0.6 is 0 Å². The summed E-state index contributed by atoms with van der Waals surface area (Å²) in [6.07, 6.45) is 0.825. The van der Waals surface area contributed by atoms with Gasteiger partial charge in [-0.05, 0) is 36.6 Å². The molecule has 3 saturated heterocycles. The van der Waals surface area contributed by atoms with Gasteiger partial charge < -0.3 is 9.64 Å². The second-order valence-corrected chi connectivity index (χ2v) is 8.22. The van der Waals surface area contributed by atoms with Gasteiger partial charge >= 0.3 is 0 Å².